The van der Waals surface area contributed by atoms with Gasteiger partial charge in [0.1, 0.15) is 5.82 Å². The Balaban J connectivity index is 1.76. The molecule has 1 saturated heterocycles. The van der Waals surface area contributed by atoms with Gasteiger partial charge in [-0.3, -0.25) is 9.59 Å². The predicted octanol–water partition coefficient (Wildman–Crippen LogP) is 3.99. The number of pyridine rings is 1. The van der Waals surface area contributed by atoms with Crippen LogP contribution < -0.4 is 5.32 Å². The lowest BCUT2D eigenvalue weighted by molar-refractivity contribution is -0.119. The monoisotopic (exact) mass is 394 g/mol. The molecule has 1 aromatic carbocycles. The van der Waals surface area contributed by atoms with Gasteiger partial charge in [-0.1, -0.05) is 45.9 Å². The van der Waals surface area contributed by atoms with Crippen molar-refractivity contribution < 1.29 is 9.59 Å². The number of rotatable bonds is 6. The molecule has 2 aromatic rings. The van der Waals surface area contributed by atoms with Crippen molar-refractivity contribution in [1.29, 1.82) is 0 Å². The lowest BCUT2D eigenvalue weighted by Gasteiger charge is -2.32. The molecule has 0 radical (unpaired) electrons. The van der Waals surface area contributed by atoms with Crippen LogP contribution in [-0.2, 0) is 4.79 Å². The van der Waals surface area contributed by atoms with Crippen molar-refractivity contribution in [3.8, 4) is 0 Å². The van der Waals surface area contributed by atoms with Gasteiger partial charge in [-0.15, -0.1) is 0 Å². The normalized spacial score (nSPS) is 14.4. The molecule has 0 bridgehead atoms. The van der Waals surface area contributed by atoms with E-state index in [-0.39, 0.29) is 5.91 Å². The second-order valence-corrected chi connectivity index (χ2v) is 8.11. The summed E-state index contributed by atoms with van der Waals surface area (Å²) in [6.07, 6.45) is 2.47. The van der Waals surface area contributed by atoms with Crippen LogP contribution >= 0.6 is 0 Å². The lowest BCUT2D eigenvalue weighted by Crippen LogP contribution is -2.48. The van der Waals surface area contributed by atoms with E-state index < -0.39 is 0 Å². The highest BCUT2D eigenvalue weighted by Gasteiger charge is 2.21. The highest BCUT2D eigenvalue weighted by molar-refractivity contribution is 5.94. The molecule has 2 amide bonds. The van der Waals surface area contributed by atoms with E-state index in [4.69, 9.17) is 0 Å². The Labute approximate surface area is 172 Å². The maximum Gasteiger partial charge on any atom is 0.255 e. The molecule has 29 heavy (non-hydrogen) atoms. The first-order valence-corrected chi connectivity index (χ1v) is 10.2. The maximum atomic E-state index is 12.7. The van der Waals surface area contributed by atoms with Crippen molar-refractivity contribution in [2.24, 2.45) is 0 Å². The average Bonchev–Trinajstić information content (AvgIpc) is 2.73. The fourth-order valence-corrected chi connectivity index (χ4v) is 3.63. The van der Waals surface area contributed by atoms with Crippen molar-refractivity contribution >= 4 is 23.8 Å². The van der Waals surface area contributed by atoms with Gasteiger partial charge in [0.25, 0.3) is 5.91 Å². The fourth-order valence-electron chi connectivity index (χ4n) is 3.63. The predicted molar refractivity (Wildman–Crippen MR) is 116 cm³/mol. The zero-order valence-corrected chi connectivity index (χ0v) is 17.7. The summed E-state index contributed by atoms with van der Waals surface area (Å²) in [5.74, 6) is 1.46. The van der Waals surface area contributed by atoms with Crippen LogP contribution in [0, 0.1) is 0 Å². The second kappa shape index (κ2) is 9.07. The third kappa shape index (κ3) is 4.75. The SMILES string of the molecule is CC(C)c1cccc(C(C)C)c1Nc1ccc(C(=O)N2CCN(C=O)CC2)cn1. The van der Waals surface area contributed by atoms with Crippen LogP contribution in [0.2, 0.25) is 0 Å². The molecule has 2 heterocycles. The van der Waals surface area contributed by atoms with E-state index in [0.717, 1.165) is 17.9 Å². The van der Waals surface area contributed by atoms with Crippen molar-refractivity contribution in [2.75, 3.05) is 31.5 Å². The number of benzene rings is 1. The smallest absolute Gasteiger partial charge is 0.255 e. The number of piperazine rings is 1. The lowest BCUT2D eigenvalue weighted by atomic mass is 9.92. The molecule has 154 valence electrons. The Morgan fingerprint density at radius 3 is 2.10 bits per heavy atom. The van der Waals surface area contributed by atoms with Crippen molar-refractivity contribution in [3.05, 3.63) is 53.2 Å². The Hall–Kier alpha value is -2.89. The third-order valence-electron chi connectivity index (χ3n) is 5.39. The summed E-state index contributed by atoms with van der Waals surface area (Å²) in [5.41, 5.74) is 4.18. The Morgan fingerprint density at radius 1 is 1.00 bits per heavy atom. The third-order valence-corrected chi connectivity index (χ3v) is 5.39. The number of nitrogens with zero attached hydrogens (tertiary/aromatic N) is 3. The van der Waals surface area contributed by atoms with Gasteiger partial charge in [0.2, 0.25) is 6.41 Å². The van der Waals surface area contributed by atoms with Gasteiger partial charge in [-0.05, 0) is 35.1 Å². The van der Waals surface area contributed by atoms with E-state index in [1.54, 1.807) is 16.0 Å². The van der Waals surface area contributed by atoms with Crippen LogP contribution in [0.1, 0.15) is 61.0 Å². The molecule has 6 heteroatoms. The molecule has 0 unspecified atom stereocenters. The molecule has 0 atom stereocenters. The summed E-state index contributed by atoms with van der Waals surface area (Å²) in [6, 6.07) is 10.1. The van der Waals surface area contributed by atoms with E-state index in [2.05, 4.69) is 56.2 Å². The summed E-state index contributed by atoms with van der Waals surface area (Å²) in [7, 11) is 0. The molecule has 0 saturated carbocycles. The van der Waals surface area contributed by atoms with Gasteiger partial charge >= 0.3 is 0 Å². The minimum atomic E-state index is -0.0416. The van der Waals surface area contributed by atoms with Crippen molar-refractivity contribution in [2.45, 2.75) is 39.5 Å². The summed E-state index contributed by atoms with van der Waals surface area (Å²) >= 11 is 0. The quantitative estimate of drug-likeness (QED) is 0.753. The van der Waals surface area contributed by atoms with Crippen molar-refractivity contribution in [1.82, 2.24) is 14.8 Å². The summed E-state index contributed by atoms with van der Waals surface area (Å²) < 4.78 is 0. The van der Waals surface area contributed by atoms with Crippen LogP contribution in [0.15, 0.2) is 36.5 Å². The van der Waals surface area contributed by atoms with E-state index in [1.807, 2.05) is 12.1 Å². The Morgan fingerprint density at radius 2 is 1.62 bits per heavy atom. The number of hydrogen-bond donors (Lipinski definition) is 1. The first-order chi connectivity index (χ1) is 13.9. The zero-order valence-electron chi connectivity index (χ0n) is 17.7. The van der Waals surface area contributed by atoms with E-state index in [0.29, 0.717) is 43.6 Å². The number of para-hydroxylation sites is 1. The Bertz CT molecular complexity index is 827. The molecule has 1 aliphatic heterocycles. The number of anilines is 2. The van der Waals surface area contributed by atoms with Crippen LogP contribution in [0.3, 0.4) is 0 Å². The van der Waals surface area contributed by atoms with Gasteiger partial charge in [-0.2, -0.15) is 0 Å². The number of carbonyl (C=O) groups is 2. The van der Waals surface area contributed by atoms with Gasteiger partial charge in [0.15, 0.2) is 0 Å². The largest absolute Gasteiger partial charge is 0.342 e. The average molecular weight is 395 g/mol. The van der Waals surface area contributed by atoms with E-state index in [1.165, 1.54) is 11.1 Å². The summed E-state index contributed by atoms with van der Waals surface area (Å²) in [4.78, 5) is 31.5. The first-order valence-electron chi connectivity index (χ1n) is 10.2. The van der Waals surface area contributed by atoms with Crippen LogP contribution in [0.4, 0.5) is 11.5 Å². The summed E-state index contributed by atoms with van der Waals surface area (Å²) in [5, 5.41) is 3.48. The molecule has 3 rings (SSSR count). The molecule has 1 N–H and O–H groups in total. The zero-order chi connectivity index (χ0) is 21.0. The second-order valence-electron chi connectivity index (χ2n) is 8.11. The van der Waals surface area contributed by atoms with Gasteiger partial charge in [-0.25, -0.2) is 4.98 Å². The molecule has 0 aliphatic carbocycles. The minimum absolute atomic E-state index is 0.0416. The molecule has 6 nitrogen and oxygen atoms in total. The maximum absolute atomic E-state index is 12.7. The van der Waals surface area contributed by atoms with Crippen molar-refractivity contribution in [3.63, 3.8) is 0 Å². The van der Waals surface area contributed by atoms with Gasteiger partial charge in [0, 0.05) is 38.1 Å². The minimum Gasteiger partial charge on any atom is -0.342 e. The Kier molecular flexibility index (Phi) is 6.52. The molecule has 0 spiro atoms. The number of aromatic nitrogens is 1. The first kappa shape index (κ1) is 20.8. The number of hydrogen-bond acceptors (Lipinski definition) is 4. The fraction of sp³-hybridized carbons (Fsp3) is 0.435. The number of carbonyl (C=O) groups excluding carboxylic acids is 2. The highest BCUT2D eigenvalue weighted by Crippen LogP contribution is 2.34. The number of amides is 2. The van der Waals surface area contributed by atoms with Crippen LogP contribution in [0.25, 0.3) is 0 Å². The van der Waals surface area contributed by atoms with E-state index in [9.17, 15) is 9.59 Å². The number of nitrogens with one attached hydrogen (secondary N) is 1. The topological polar surface area (TPSA) is 65.5 Å². The summed E-state index contributed by atoms with van der Waals surface area (Å²) in [6.45, 7) is 11.0. The van der Waals surface area contributed by atoms with Crippen LogP contribution in [0.5, 0.6) is 0 Å². The molecule has 1 aromatic heterocycles. The standard InChI is InChI=1S/C23H30N4O2/c1-16(2)19-6-5-7-20(17(3)4)22(19)25-21-9-8-18(14-24-21)23(29)27-12-10-26(15-28)11-13-27/h5-9,14-17H,10-13H2,1-4H3,(H,24,25). The van der Waals surface area contributed by atoms with E-state index >= 15 is 0 Å². The van der Waals surface area contributed by atoms with Crippen LogP contribution in [-0.4, -0.2) is 53.3 Å². The van der Waals surface area contributed by atoms with Gasteiger partial charge < -0.3 is 15.1 Å². The molecular weight excluding hydrogens is 364 g/mol. The van der Waals surface area contributed by atoms with Gasteiger partial charge in [0.05, 0.1) is 5.56 Å². The highest BCUT2D eigenvalue weighted by atomic mass is 16.2. The molecule has 1 aliphatic rings. The molecular formula is C23H30N4O2. The molecule has 1 fully saturated rings.